The van der Waals surface area contributed by atoms with Gasteiger partial charge < -0.3 is 14.8 Å². The maximum absolute atomic E-state index is 13.2. The molecule has 0 aliphatic carbocycles. The van der Waals surface area contributed by atoms with Crippen LogP contribution in [-0.4, -0.2) is 25.2 Å². The van der Waals surface area contributed by atoms with Gasteiger partial charge in [0.05, 0.1) is 11.7 Å². The number of anilines is 1. The van der Waals surface area contributed by atoms with Crippen molar-refractivity contribution in [2.24, 2.45) is 0 Å². The zero-order valence-corrected chi connectivity index (χ0v) is 13.5. The SMILES string of the molecule is Cc1cc(F)ccc1NC(=O)c1ccccc1OC[C@H]1CCCO1. The van der Waals surface area contributed by atoms with Gasteiger partial charge in [0.1, 0.15) is 18.2 Å². The molecule has 1 amide bonds. The number of hydrogen-bond donors (Lipinski definition) is 1. The van der Waals surface area contributed by atoms with Gasteiger partial charge in [0, 0.05) is 12.3 Å². The molecule has 24 heavy (non-hydrogen) atoms. The van der Waals surface area contributed by atoms with Crippen molar-refractivity contribution in [2.45, 2.75) is 25.9 Å². The maximum Gasteiger partial charge on any atom is 0.259 e. The van der Waals surface area contributed by atoms with E-state index in [1.54, 1.807) is 31.2 Å². The molecule has 4 nitrogen and oxygen atoms in total. The number of carbonyl (C=O) groups excluding carboxylic acids is 1. The van der Waals surface area contributed by atoms with Gasteiger partial charge in [-0.2, -0.15) is 0 Å². The first-order valence-corrected chi connectivity index (χ1v) is 8.04. The number of aryl methyl sites for hydroxylation is 1. The third-order valence-electron chi connectivity index (χ3n) is 4.02. The lowest BCUT2D eigenvalue weighted by Crippen LogP contribution is -2.19. The summed E-state index contributed by atoms with van der Waals surface area (Å²) in [5, 5.41) is 2.81. The molecule has 3 rings (SSSR count). The monoisotopic (exact) mass is 329 g/mol. The van der Waals surface area contributed by atoms with E-state index < -0.39 is 0 Å². The van der Waals surface area contributed by atoms with Crippen molar-refractivity contribution >= 4 is 11.6 Å². The lowest BCUT2D eigenvalue weighted by molar-refractivity contribution is 0.0673. The van der Waals surface area contributed by atoms with Crippen molar-refractivity contribution in [1.29, 1.82) is 0 Å². The molecule has 1 fully saturated rings. The Morgan fingerprint density at radius 2 is 2.17 bits per heavy atom. The summed E-state index contributed by atoms with van der Waals surface area (Å²) in [7, 11) is 0. The minimum atomic E-state index is -0.328. The molecule has 2 aromatic rings. The number of amides is 1. The predicted molar refractivity (Wildman–Crippen MR) is 90.0 cm³/mol. The fraction of sp³-hybridized carbons (Fsp3) is 0.316. The third-order valence-corrected chi connectivity index (χ3v) is 4.02. The third kappa shape index (κ3) is 3.92. The van der Waals surface area contributed by atoms with Gasteiger partial charge >= 0.3 is 0 Å². The van der Waals surface area contributed by atoms with Crippen molar-refractivity contribution in [3.63, 3.8) is 0 Å². The van der Waals surface area contributed by atoms with Crippen molar-refractivity contribution in [3.8, 4) is 5.75 Å². The molecule has 0 saturated carbocycles. The van der Waals surface area contributed by atoms with Gasteiger partial charge in [0.15, 0.2) is 0 Å². The summed E-state index contributed by atoms with van der Waals surface area (Å²) in [5.74, 6) is -0.0938. The fourth-order valence-corrected chi connectivity index (χ4v) is 2.70. The summed E-state index contributed by atoms with van der Waals surface area (Å²) < 4.78 is 24.5. The van der Waals surface area contributed by atoms with E-state index in [-0.39, 0.29) is 17.8 Å². The van der Waals surface area contributed by atoms with Crippen LogP contribution < -0.4 is 10.1 Å². The summed E-state index contributed by atoms with van der Waals surface area (Å²) in [6.07, 6.45) is 2.10. The van der Waals surface area contributed by atoms with E-state index in [2.05, 4.69) is 5.32 Å². The Labute approximate surface area is 140 Å². The first kappa shape index (κ1) is 16.5. The summed E-state index contributed by atoms with van der Waals surface area (Å²) in [6.45, 7) is 2.94. The van der Waals surface area contributed by atoms with Gasteiger partial charge in [-0.1, -0.05) is 12.1 Å². The number of ether oxygens (including phenoxy) is 2. The highest BCUT2D eigenvalue weighted by molar-refractivity contribution is 6.06. The van der Waals surface area contributed by atoms with E-state index in [0.717, 1.165) is 19.4 Å². The number of nitrogens with one attached hydrogen (secondary N) is 1. The van der Waals surface area contributed by atoms with E-state index in [9.17, 15) is 9.18 Å². The molecule has 0 radical (unpaired) electrons. The van der Waals surface area contributed by atoms with Crippen molar-refractivity contribution in [2.75, 3.05) is 18.5 Å². The predicted octanol–water partition coefficient (Wildman–Crippen LogP) is 3.94. The number of hydrogen-bond acceptors (Lipinski definition) is 3. The first-order chi connectivity index (χ1) is 11.6. The van der Waals surface area contributed by atoms with Crippen LogP contribution >= 0.6 is 0 Å². The van der Waals surface area contributed by atoms with Crippen LogP contribution in [0.25, 0.3) is 0 Å². The molecule has 1 aliphatic rings. The molecule has 0 bridgehead atoms. The fourth-order valence-electron chi connectivity index (χ4n) is 2.70. The topological polar surface area (TPSA) is 47.6 Å². The Bertz CT molecular complexity index is 726. The molecule has 5 heteroatoms. The smallest absolute Gasteiger partial charge is 0.259 e. The molecule has 126 valence electrons. The van der Waals surface area contributed by atoms with E-state index in [1.807, 2.05) is 6.07 Å². The Kier molecular flexibility index (Phi) is 5.11. The van der Waals surface area contributed by atoms with Gasteiger partial charge in [-0.15, -0.1) is 0 Å². The van der Waals surface area contributed by atoms with E-state index in [0.29, 0.717) is 29.2 Å². The van der Waals surface area contributed by atoms with Crippen molar-refractivity contribution in [1.82, 2.24) is 0 Å². The Balaban J connectivity index is 1.72. The zero-order valence-electron chi connectivity index (χ0n) is 13.5. The van der Waals surface area contributed by atoms with E-state index in [1.165, 1.54) is 12.1 Å². The molecule has 1 saturated heterocycles. The van der Waals surface area contributed by atoms with Gasteiger partial charge in [-0.3, -0.25) is 4.79 Å². The molecule has 1 atom stereocenters. The lowest BCUT2D eigenvalue weighted by Gasteiger charge is -2.15. The molecule has 0 aromatic heterocycles. The second-order valence-corrected chi connectivity index (χ2v) is 5.86. The van der Waals surface area contributed by atoms with Gasteiger partial charge in [-0.25, -0.2) is 4.39 Å². The number of benzene rings is 2. The summed E-state index contributed by atoms with van der Waals surface area (Å²) in [5.41, 5.74) is 1.69. The zero-order chi connectivity index (χ0) is 16.9. The maximum atomic E-state index is 13.2. The average Bonchev–Trinajstić information content (AvgIpc) is 3.09. The minimum Gasteiger partial charge on any atom is -0.490 e. The molecule has 1 N–H and O–H groups in total. The largest absolute Gasteiger partial charge is 0.490 e. The van der Waals surface area contributed by atoms with Crippen LogP contribution in [0, 0.1) is 12.7 Å². The van der Waals surface area contributed by atoms with Crippen LogP contribution in [0.4, 0.5) is 10.1 Å². The summed E-state index contributed by atoms with van der Waals surface area (Å²) >= 11 is 0. The van der Waals surface area contributed by atoms with Gasteiger partial charge in [-0.05, 0) is 55.7 Å². The second kappa shape index (κ2) is 7.45. The Morgan fingerprint density at radius 1 is 1.33 bits per heavy atom. The highest BCUT2D eigenvalue weighted by Crippen LogP contribution is 2.23. The van der Waals surface area contributed by atoms with Crippen molar-refractivity contribution < 1.29 is 18.7 Å². The number of halogens is 1. The Hall–Kier alpha value is -2.40. The molecule has 2 aromatic carbocycles. The van der Waals surface area contributed by atoms with Crippen LogP contribution in [0.15, 0.2) is 42.5 Å². The highest BCUT2D eigenvalue weighted by Gasteiger charge is 2.18. The minimum absolute atomic E-state index is 0.0838. The molecule has 0 unspecified atom stereocenters. The highest BCUT2D eigenvalue weighted by atomic mass is 19.1. The van der Waals surface area contributed by atoms with E-state index >= 15 is 0 Å². The normalized spacial score (nSPS) is 16.8. The van der Waals surface area contributed by atoms with E-state index in [4.69, 9.17) is 9.47 Å². The number of carbonyl (C=O) groups is 1. The second-order valence-electron chi connectivity index (χ2n) is 5.86. The van der Waals surface area contributed by atoms with Crippen LogP contribution in [0.1, 0.15) is 28.8 Å². The number of para-hydroxylation sites is 1. The first-order valence-electron chi connectivity index (χ1n) is 8.04. The lowest BCUT2D eigenvalue weighted by atomic mass is 10.1. The molecular formula is C19H20FNO3. The summed E-state index contributed by atoms with van der Waals surface area (Å²) in [4.78, 5) is 12.6. The number of rotatable bonds is 5. The molecular weight excluding hydrogens is 309 g/mol. The van der Waals surface area contributed by atoms with Crippen LogP contribution in [-0.2, 0) is 4.74 Å². The molecule has 1 heterocycles. The van der Waals surface area contributed by atoms with Crippen molar-refractivity contribution in [3.05, 3.63) is 59.4 Å². The standard InChI is InChI=1S/C19H20FNO3/c1-13-11-14(20)8-9-17(13)21-19(22)16-6-2-3-7-18(16)24-12-15-5-4-10-23-15/h2-3,6-9,11,15H,4-5,10,12H2,1H3,(H,21,22)/t15-/m1/s1. The van der Waals surface area contributed by atoms with Crippen LogP contribution in [0.3, 0.4) is 0 Å². The van der Waals surface area contributed by atoms with Crippen LogP contribution in [0.2, 0.25) is 0 Å². The van der Waals surface area contributed by atoms with Gasteiger partial charge in [0.25, 0.3) is 5.91 Å². The molecule has 0 spiro atoms. The average molecular weight is 329 g/mol. The Morgan fingerprint density at radius 3 is 2.92 bits per heavy atom. The summed E-state index contributed by atoms with van der Waals surface area (Å²) in [6, 6.07) is 11.3. The molecule has 1 aliphatic heterocycles. The van der Waals surface area contributed by atoms with Crippen LogP contribution in [0.5, 0.6) is 5.75 Å². The quantitative estimate of drug-likeness (QED) is 0.904. The van der Waals surface area contributed by atoms with Gasteiger partial charge in [0.2, 0.25) is 0 Å².